The predicted molar refractivity (Wildman–Crippen MR) is 185 cm³/mol. The lowest BCUT2D eigenvalue weighted by Crippen LogP contribution is -2.17. The van der Waals surface area contributed by atoms with Crippen LogP contribution in [-0.4, -0.2) is 0 Å². The van der Waals surface area contributed by atoms with Gasteiger partial charge in [-0.1, -0.05) is 123 Å². The third-order valence-corrected chi connectivity index (χ3v) is 9.86. The average Bonchev–Trinajstić information content (AvgIpc) is 3.29. The molecule has 6 aromatic rings. The van der Waals surface area contributed by atoms with Crippen LogP contribution in [0.15, 0.2) is 140 Å². The van der Waals surface area contributed by atoms with Gasteiger partial charge in [0.05, 0.1) is 0 Å². The quantitative estimate of drug-likeness (QED) is 0.205. The highest BCUT2D eigenvalue weighted by atomic mass is 15.1. The second-order valence-corrected chi connectivity index (χ2v) is 12.9. The average molecular weight is 568 g/mol. The van der Waals surface area contributed by atoms with E-state index in [9.17, 15) is 0 Å². The summed E-state index contributed by atoms with van der Waals surface area (Å²) in [7, 11) is 0. The maximum atomic E-state index is 2.51. The number of aryl methyl sites for hydroxylation is 4. The topological polar surface area (TPSA) is 3.24 Å². The van der Waals surface area contributed by atoms with Crippen molar-refractivity contribution in [3.05, 3.63) is 173 Å². The standard InChI is InChI=1S/C43H37N/c1-43(2)40-11-7-6-10-38(40)39-27-26-37(29-41(39)43)44(36-24-22-34(23-25-36)33-8-4-3-5-9-33)42-28-32-17-16-30-12-14-31(15-13-30)18-20-35(42)21-19-32/h3-15,19,21-29H,16-18,20H2,1-2H3. The molecule has 0 aromatic heterocycles. The van der Waals surface area contributed by atoms with E-state index < -0.39 is 0 Å². The largest absolute Gasteiger partial charge is 0.310 e. The van der Waals surface area contributed by atoms with Crippen molar-refractivity contribution in [2.24, 2.45) is 0 Å². The fraction of sp³-hybridized carbons (Fsp3) is 0.163. The molecule has 5 aliphatic rings. The molecular formula is C43H37N. The minimum atomic E-state index is -0.0573. The Morgan fingerprint density at radius 1 is 0.455 bits per heavy atom. The first-order valence-electron chi connectivity index (χ1n) is 15.9. The number of benzene rings is 6. The summed E-state index contributed by atoms with van der Waals surface area (Å²) in [5.74, 6) is 0. The lowest BCUT2D eigenvalue weighted by molar-refractivity contribution is 0.660. The number of anilines is 3. The van der Waals surface area contributed by atoms with Crippen molar-refractivity contribution in [1.82, 2.24) is 0 Å². The van der Waals surface area contributed by atoms with Gasteiger partial charge in [-0.15, -0.1) is 0 Å². The van der Waals surface area contributed by atoms with Crippen LogP contribution < -0.4 is 4.90 Å². The highest BCUT2D eigenvalue weighted by Gasteiger charge is 2.35. The van der Waals surface area contributed by atoms with Gasteiger partial charge in [-0.25, -0.2) is 0 Å². The smallest absolute Gasteiger partial charge is 0.0496 e. The number of fused-ring (bicyclic) bond motifs is 3. The summed E-state index contributed by atoms with van der Waals surface area (Å²) in [5.41, 5.74) is 17.2. The molecule has 214 valence electrons. The first kappa shape index (κ1) is 26.7. The number of hydrogen-bond acceptors (Lipinski definition) is 1. The summed E-state index contributed by atoms with van der Waals surface area (Å²) >= 11 is 0. The molecule has 0 amide bonds. The molecule has 4 bridgehead atoms. The van der Waals surface area contributed by atoms with E-state index in [0.717, 1.165) is 25.7 Å². The van der Waals surface area contributed by atoms with Crippen molar-refractivity contribution in [2.45, 2.75) is 44.9 Å². The maximum absolute atomic E-state index is 2.51. The van der Waals surface area contributed by atoms with Gasteiger partial charge in [0, 0.05) is 22.5 Å². The molecule has 11 rings (SSSR count). The van der Waals surface area contributed by atoms with Crippen LogP contribution in [-0.2, 0) is 31.1 Å². The van der Waals surface area contributed by atoms with Gasteiger partial charge in [-0.05, 0) is 112 Å². The van der Waals surface area contributed by atoms with Gasteiger partial charge in [-0.2, -0.15) is 0 Å². The maximum Gasteiger partial charge on any atom is 0.0496 e. The monoisotopic (exact) mass is 567 g/mol. The van der Waals surface area contributed by atoms with E-state index in [2.05, 4.69) is 158 Å². The molecule has 0 radical (unpaired) electrons. The minimum absolute atomic E-state index is 0.0573. The van der Waals surface area contributed by atoms with E-state index in [1.54, 1.807) is 0 Å². The Morgan fingerprint density at radius 2 is 1.05 bits per heavy atom. The molecular weight excluding hydrogens is 530 g/mol. The predicted octanol–water partition coefficient (Wildman–Crippen LogP) is 11.0. The second kappa shape index (κ2) is 10.7. The lowest BCUT2D eigenvalue weighted by atomic mass is 9.82. The second-order valence-electron chi connectivity index (χ2n) is 12.9. The summed E-state index contributed by atoms with van der Waals surface area (Å²) in [4.78, 5) is 2.51. The first-order chi connectivity index (χ1) is 21.5. The normalized spacial score (nSPS) is 14.4. The molecule has 0 aliphatic heterocycles. The molecule has 1 nitrogen and oxygen atoms in total. The Bertz CT molecular complexity index is 1960. The molecule has 1 heteroatoms. The van der Waals surface area contributed by atoms with Crippen molar-refractivity contribution < 1.29 is 0 Å². The lowest BCUT2D eigenvalue weighted by Gasteiger charge is -2.30. The zero-order valence-electron chi connectivity index (χ0n) is 25.6. The molecule has 5 aliphatic carbocycles. The van der Waals surface area contributed by atoms with Gasteiger partial charge in [0.25, 0.3) is 0 Å². The van der Waals surface area contributed by atoms with Crippen molar-refractivity contribution in [3.63, 3.8) is 0 Å². The first-order valence-corrected chi connectivity index (χ1v) is 15.9. The van der Waals surface area contributed by atoms with Gasteiger partial charge in [0.1, 0.15) is 0 Å². The van der Waals surface area contributed by atoms with Crippen LogP contribution in [0, 0.1) is 0 Å². The van der Waals surface area contributed by atoms with Gasteiger partial charge >= 0.3 is 0 Å². The van der Waals surface area contributed by atoms with E-state index in [0.29, 0.717) is 0 Å². The fourth-order valence-corrected chi connectivity index (χ4v) is 7.32. The third-order valence-electron chi connectivity index (χ3n) is 9.86. The summed E-state index contributed by atoms with van der Waals surface area (Å²) < 4.78 is 0. The minimum Gasteiger partial charge on any atom is -0.310 e. The zero-order valence-corrected chi connectivity index (χ0v) is 25.6. The molecule has 0 N–H and O–H groups in total. The molecule has 0 saturated heterocycles. The van der Waals surface area contributed by atoms with Gasteiger partial charge in [-0.3, -0.25) is 0 Å². The van der Waals surface area contributed by atoms with Gasteiger partial charge in [0.15, 0.2) is 0 Å². The van der Waals surface area contributed by atoms with Gasteiger partial charge in [0.2, 0.25) is 0 Å². The summed E-state index contributed by atoms with van der Waals surface area (Å²) in [6, 6.07) is 52.3. The van der Waals surface area contributed by atoms with E-state index in [1.165, 1.54) is 72.7 Å². The molecule has 0 spiro atoms. The number of hydrogen-bond donors (Lipinski definition) is 0. The molecule has 0 fully saturated rings. The molecule has 44 heavy (non-hydrogen) atoms. The van der Waals surface area contributed by atoms with Crippen LogP contribution in [0.1, 0.15) is 47.2 Å². The molecule has 0 unspecified atom stereocenters. The Labute approximate surface area is 261 Å². The van der Waals surface area contributed by atoms with E-state index >= 15 is 0 Å². The Balaban J connectivity index is 1.29. The van der Waals surface area contributed by atoms with Crippen molar-refractivity contribution in [2.75, 3.05) is 4.90 Å². The molecule has 6 aromatic carbocycles. The van der Waals surface area contributed by atoms with Crippen LogP contribution in [0.25, 0.3) is 22.3 Å². The molecule has 0 saturated carbocycles. The summed E-state index contributed by atoms with van der Waals surface area (Å²) in [6.45, 7) is 4.74. The highest BCUT2D eigenvalue weighted by Crippen LogP contribution is 2.51. The van der Waals surface area contributed by atoms with Crippen molar-refractivity contribution in [1.29, 1.82) is 0 Å². The Kier molecular flexibility index (Phi) is 6.49. The number of nitrogens with zero attached hydrogens (tertiary/aromatic N) is 1. The van der Waals surface area contributed by atoms with Gasteiger partial charge < -0.3 is 4.90 Å². The van der Waals surface area contributed by atoms with Crippen LogP contribution in [0.3, 0.4) is 0 Å². The highest BCUT2D eigenvalue weighted by molar-refractivity contribution is 5.86. The van der Waals surface area contributed by atoms with Crippen LogP contribution in [0.5, 0.6) is 0 Å². The van der Waals surface area contributed by atoms with Crippen LogP contribution in [0.4, 0.5) is 17.1 Å². The van der Waals surface area contributed by atoms with Crippen molar-refractivity contribution in [3.8, 4) is 22.3 Å². The number of rotatable bonds is 4. The summed E-state index contributed by atoms with van der Waals surface area (Å²) in [5, 5.41) is 0. The summed E-state index contributed by atoms with van der Waals surface area (Å²) in [6.07, 6.45) is 4.10. The zero-order chi connectivity index (χ0) is 29.7. The third kappa shape index (κ3) is 4.64. The Hall–Kier alpha value is -4.88. The SMILES string of the molecule is CC1(C)c2ccccc2-c2ccc(N(c3ccc(-c4ccccc4)cc3)c3cc4ccc3CCc3ccc(cc3)CC4)cc21. The fourth-order valence-electron chi connectivity index (χ4n) is 7.32. The molecule has 0 atom stereocenters. The van der Waals surface area contributed by atoms with Crippen molar-refractivity contribution >= 4 is 17.1 Å². The van der Waals surface area contributed by atoms with E-state index in [-0.39, 0.29) is 5.41 Å². The Morgan fingerprint density at radius 3 is 1.82 bits per heavy atom. The van der Waals surface area contributed by atoms with Crippen LogP contribution >= 0.6 is 0 Å². The van der Waals surface area contributed by atoms with Crippen LogP contribution in [0.2, 0.25) is 0 Å². The molecule has 0 heterocycles. The van der Waals surface area contributed by atoms with E-state index in [1.807, 2.05) is 0 Å². The van der Waals surface area contributed by atoms with E-state index in [4.69, 9.17) is 0 Å².